The van der Waals surface area contributed by atoms with E-state index >= 15 is 0 Å². The highest BCUT2D eigenvalue weighted by Crippen LogP contribution is 2.29. The molecular weight excluding hydrogens is 370 g/mol. The van der Waals surface area contributed by atoms with Crippen LogP contribution in [-0.4, -0.2) is 34.8 Å². The second-order valence-corrected chi connectivity index (χ2v) is 7.94. The molecule has 1 N–H and O–H groups in total. The summed E-state index contributed by atoms with van der Waals surface area (Å²) in [6.07, 6.45) is 3.18. The molecule has 124 valence electrons. The molecule has 0 unspecified atom stereocenters. The number of hydrogen-bond donors (Lipinski definition) is 1. The van der Waals surface area contributed by atoms with Crippen LogP contribution in [0.2, 0.25) is 0 Å². The van der Waals surface area contributed by atoms with Gasteiger partial charge in [-0.1, -0.05) is 15.9 Å². The van der Waals surface area contributed by atoms with Gasteiger partial charge >= 0.3 is 0 Å². The molecule has 0 aromatic heterocycles. The Kier molecular flexibility index (Phi) is 6.67. The van der Waals surface area contributed by atoms with Gasteiger partial charge in [-0.05, 0) is 50.3 Å². The molecule has 1 aromatic rings. The fraction of sp³-hybridized carbons (Fsp3) is 0.600. The van der Waals surface area contributed by atoms with Gasteiger partial charge in [0.15, 0.2) is 0 Å². The van der Waals surface area contributed by atoms with E-state index in [1.807, 2.05) is 6.92 Å². The van der Waals surface area contributed by atoms with Gasteiger partial charge in [-0.25, -0.2) is 13.1 Å². The second kappa shape index (κ2) is 8.29. The minimum atomic E-state index is -3.59. The molecule has 1 aliphatic carbocycles. The van der Waals surface area contributed by atoms with E-state index in [4.69, 9.17) is 9.47 Å². The van der Waals surface area contributed by atoms with Gasteiger partial charge in [-0.3, -0.25) is 0 Å². The summed E-state index contributed by atoms with van der Waals surface area (Å²) in [5.41, 5.74) is 0. The number of benzene rings is 1. The Hall–Kier alpha value is -0.630. The molecule has 0 spiro atoms. The van der Waals surface area contributed by atoms with E-state index in [1.165, 1.54) is 12.8 Å². The molecule has 22 heavy (non-hydrogen) atoms. The summed E-state index contributed by atoms with van der Waals surface area (Å²) < 4.78 is 38.9. The number of rotatable bonds is 10. The Balaban J connectivity index is 1.86. The largest absolute Gasteiger partial charge is 0.492 e. The van der Waals surface area contributed by atoms with E-state index in [9.17, 15) is 8.42 Å². The van der Waals surface area contributed by atoms with Gasteiger partial charge in [0.2, 0.25) is 10.0 Å². The van der Waals surface area contributed by atoms with E-state index < -0.39 is 10.0 Å². The number of sulfonamides is 1. The molecular formula is C15H22BrNO4S. The summed E-state index contributed by atoms with van der Waals surface area (Å²) in [4.78, 5) is 0.155. The highest BCUT2D eigenvalue weighted by atomic mass is 79.9. The fourth-order valence-electron chi connectivity index (χ4n) is 1.96. The van der Waals surface area contributed by atoms with Crippen molar-refractivity contribution in [3.05, 3.63) is 22.7 Å². The van der Waals surface area contributed by atoms with Crippen molar-refractivity contribution in [1.29, 1.82) is 0 Å². The predicted octanol–water partition coefficient (Wildman–Crippen LogP) is 2.94. The predicted molar refractivity (Wildman–Crippen MR) is 88.7 cm³/mol. The summed E-state index contributed by atoms with van der Waals surface area (Å²) in [5, 5.41) is 0. The average Bonchev–Trinajstić information content (AvgIpc) is 3.29. The van der Waals surface area contributed by atoms with Gasteiger partial charge in [0.05, 0.1) is 6.61 Å². The normalized spacial score (nSPS) is 15.0. The van der Waals surface area contributed by atoms with Crippen molar-refractivity contribution in [1.82, 2.24) is 4.72 Å². The monoisotopic (exact) mass is 391 g/mol. The van der Waals surface area contributed by atoms with Gasteiger partial charge in [0.25, 0.3) is 0 Å². The van der Waals surface area contributed by atoms with E-state index in [0.717, 1.165) is 12.5 Å². The lowest BCUT2D eigenvalue weighted by Crippen LogP contribution is -2.26. The number of ether oxygens (including phenoxy) is 2. The second-order valence-electron chi connectivity index (χ2n) is 5.29. The first-order valence-electron chi connectivity index (χ1n) is 7.52. The fourth-order valence-corrected chi connectivity index (χ4v) is 3.71. The first-order chi connectivity index (χ1) is 10.5. The third-order valence-electron chi connectivity index (χ3n) is 3.30. The molecule has 1 saturated carbocycles. The Labute approximate surface area is 140 Å². The van der Waals surface area contributed by atoms with Crippen LogP contribution >= 0.6 is 15.9 Å². The molecule has 5 nitrogen and oxygen atoms in total. The van der Waals surface area contributed by atoms with Crippen molar-refractivity contribution in [2.45, 2.75) is 31.1 Å². The number of hydrogen-bond acceptors (Lipinski definition) is 4. The van der Waals surface area contributed by atoms with Gasteiger partial charge < -0.3 is 9.47 Å². The van der Waals surface area contributed by atoms with E-state index in [1.54, 1.807) is 18.2 Å². The molecule has 0 amide bonds. The van der Waals surface area contributed by atoms with Gasteiger partial charge in [0.1, 0.15) is 10.6 Å². The Morgan fingerprint density at radius 1 is 1.36 bits per heavy atom. The van der Waals surface area contributed by atoms with E-state index in [0.29, 0.717) is 36.4 Å². The van der Waals surface area contributed by atoms with Crippen LogP contribution in [-0.2, 0) is 14.8 Å². The Morgan fingerprint density at radius 2 is 2.14 bits per heavy atom. The van der Waals surface area contributed by atoms with Crippen LogP contribution in [0.15, 0.2) is 27.6 Å². The van der Waals surface area contributed by atoms with Gasteiger partial charge in [0, 0.05) is 24.2 Å². The highest BCUT2D eigenvalue weighted by Gasteiger charge is 2.21. The third kappa shape index (κ3) is 5.53. The summed E-state index contributed by atoms with van der Waals surface area (Å²) in [6, 6.07) is 4.97. The molecule has 1 aliphatic rings. The molecule has 0 aliphatic heterocycles. The van der Waals surface area contributed by atoms with E-state index in [-0.39, 0.29) is 4.90 Å². The Morgan fingerprint density at radius 3 is 2.82 bits per heavy atom. The van der Waals surface area contributed by atoms with Gasteiger partial charge in [-0.15, -0.1) is 0 Å². The lowest BCUT2D eigenvalue weighted by atomic mass is 10.3. The average molecular weight is 392 g/mol. The van der Waals surface area contributed by atoms with Crippen molar-refractivity contribution in [2.75, 3.05) is 26.4 Å². The first-order valence-corrected chi connectivity index (χ1v) is 9.80. The molecule has 0 radical (unpaired) electrons. The van der Waals surface area contributed by atoms with Gasteiger partial charge in [-0.2, -0.15) is 0 Å². The van der Waals surface area contributed by atoms with Crippen LogP contribution in [0, 0.1) is 5.92 Å². The van der Waals surface area contributed by atoms with Crippen LogP contribution in [0.3, 0.4) is 0 Å². The van der Waals surface area contributed by atoms with Crippen molar-refractivity contribution < 1.29 is 17.9 Å². The number of nitrogens with one attached hydrogen (secondary N) is 1. The van der Waals surface area contributed by atoms with Crippen molar-refractivity contribution >= 4 is 26.0 Å². The lowest BCUT2D eigenvalue weighted by Gasteiger charge is -2.12. The molecule has 0 heterocycles. The SMILES string of the molecule is CCOc1ccc(Br)cc1S(=O)(=O)NCCCOCC1CC1. The molecule has 2 rings (SSSR count). The molecule has 7 heteroatoms. The molecule has 0 bridgehead atoms. The molecule has 0 atom stereocenters. The summed E-state index contributed by atoms with van der Waals surface area (Å²) >= 11 is 3.29. The zero-order chi connectivity index (χ0) is 16.0. The van der Waals surface area contributed by atoms with Crippen LogP contribution in [0.5, 0.6) is 5.75 Å². The Bertz CT molecular complexity index is 587. The molecule has 1 aromatic carbocycles. The summed E-state index contributed by atoms with van der Waals surface area (Å²) in [7, 11) is -3.59. The summed E-state index contributed by atoms with van der Waals surface area (Å²) in [5.74, 6) is 1.09. The maximum Gasteiger partial charge on any atom is 0.244 e. The van der Waals surface area contributed by atoms with Crippen LogP contribution in [0.4, 0.5) is 0 Å². The minimum Gasteiger partial charge on any atom is -0.492 e. The first kappa shape index (κ1) is 17.7. The highest BCUT2D eigenvalue weighted by molar-refractivity contribution is 9.10. The summed E-state index contributed by atoms with van der Waals surface area (Å²) in [6.45, 7) is 3.97. The minimum absolute atomic E-state index is 0.155. The van der Waals surface area contributed by atoms with Crippen LogP contribution in [0.1, 0.15) is 26.2 Å². The lowest BCUT2D eigenvalue weighted by molar-refractivity contribution is 0.123. The third-order valence-corrected chi connectivity index (χ3v) is 5.28. The molecule has 1 fully saturated rings. The van der Waals surface area contributed by atoms with Crippen LogP contribution in [0.25, 0.3) is 0 Å². The quantitative estimate of drug-likeness (QED) is 0.622. The smallest absolute Gasteiger partial charge is 0.244 e. The standard InChI is InChI=1S/C15H22BrNO4S/c1-2-21-14-7-6-13(16)10-15(14)22(18,19)17-8-3-9-20-11-12-4-5-12/h6-7,10,12,17H,2-5,8-9,11H2,1H3. The maximum atomic E-state index is 12.4. The van der Waals surface area contributed by atoms with Crippen LogP contribution < -0.4 is 9.46 Å². The van der Waals surface area contributed by atoms with Crippen molar-refractivity contribution in [3.63, 3.8) is 0 Å². The molecule has 0 saturated heterocycles. The number of halogens is 1. The zero-order valence-corrected chi connectivity index (χ0v) is 15.1. The zero-order valence-electron chi connectivity index (χ0n) is 12.7. The van der Waals surface area contributed by atoms with Crippen molar-refractivity contribution in [3.8, 4) is 5.75 Å². The van der Waals surface area contributed by atoms with E-state index in [2.05, 4.69) is 20.7 Å². The van der Waals surface area contributed by atoms with Crippen molar-refractivity contribution in [2.24, 2.45) is 5.92 Å². The maximum absolute atomic E-state index is 12.4. The topological polar surface area (TPSA) is 64.6 Å².